The number of carbonyl (C=O) groups is 1. The van der Waals surface area contributed by atoms with Crippen LogP contribution in [0.2, 0.25) is 0 Å². The number of rotatable bonds is 4. The molecule has 4 rings (SSSR count). The Labute approximate surface area is 161 Å². The molecule has 5 nitrogen and oxygen atoms in total. The summed E-state index contributed by atoms with van der Waals surface area (Å²) in [5, 5.41) is 9.03. The highest BCUT2D eigenvalue weighted by atomic mass is 32.2. The molecule has 3 aromatic rings. The van der Waals surface area contributed by atoms with Gasteiger partial charge in [0.15, 0.2) is 11.0 Å². The van der Waals surface area contributed by atoms with Crippen LogP contribution in [0.3, 0.4) is 0 Å². The number of halogens is 1. The maximum absolute atomic E-state index is 13.1. The van der Waals surface area contributed by atoms with Crippen LogP contribution in [-0.4, -0.2) is 32.5 Å². The fourth-order valence-corrected chi connectivity index (χ4v) is 4.20. The molecule has 0 saturated carbocycles. The molecule has 0 spiro atoms. The first kappa shape index (κ1) is 17.7. The fourth-order valence-electron chi connectivity index (χ4n) is 3.43. The molecule has 0 aliphatic carbocycles. The van der Waals surface area contributed by atoms with Crippen molar-refractivity contribution in [2.45, 2.75) is 24.5 Å². The number of benzene rings is 2. The van der Waals surface area contributed by atoms with Crippen molar-refractivity contribution in [3.8, 4) is 11.4 Å². The lowest BCUT2D eigenvalue weighted by Crippen LogP contribution is -2.37. The molecule has 0 bridgehead atoms. The van der Waals surface area contributed by atoms with Crippen LogP contribution in [0.5, 0.6) is 0 Å². The van der Waals surface area contributed by atoms with Gasteiger partial charge in [-0.15, -0.1) is 10.2 Å². The van der Waals surface area contributed by atoms with Gasteiger partial charge in [-0.1, -0.05) is 30.0 Å². The van der Waals surface area contributed by atoms with Gasteiger partial charge in [0.05, 0.1) is 5.75 Å². The third-order valence-corrected chi connectivity index (χ3v) is 5.74. The molecule has 1 amide bonds. The van der Waals surface area contributed by atoms with Crippen LogP contribution < -0.4 is 4.90 Å². The third kappa shape index (κ3) is 3.35. The smallest absolute Gasteiger partial charge is 0.237 e. The van der Waals surface area contributed by atoms with Crippen LogP contribution >= 0.6 is 11.8 Å². The molecular formula is C20H19FN4OS. The molecule has 0 saturated heterocycles. The lowest BCUT2D eigenvalue weighted by atomic mass is 10.1. The Bertz CT molecular complexity index is 986. The number of hydrogen-bond donors (Lipinski definition) is 0. The van der Waals surface area contributed by atoms with Crippen LogP contribution in [0.25, 0.3) is 11.4 Å². The van der Waals surface area contributed by atoms with Gasteiger partial charge in [0, 0.05) is 24.3 Å². The predicted molar refractivity (Wildman–Crippen MR) is 104 cm³/mol. The summed E-state index contributed by atoms with van der Waals surface area (Å²) in [6.45, 7) is 2.07. The van der Waals surface area contributed by atoms with E-state index in [-0.39, 0.29) is 23.5 Å². The topological polar surface area (TPSA) is 51.0 Å². The summed E-state index contributed by atoms with van der Waals surface area (Å²) in [4.78, 5) is 14.7. The Morgan fingerprint density at radius 1 is 1.19 bits per heavy atom. The molecule has 27 heavy (non-hydrogen) atoms. The molecule has 0 N–H and O–H groups in total. The van der Waals surface area contributed by atoms with E-state index in [9.17, 15) is 9.18 Å². The summed E-state index contributed by atoms with van der Waals surface area (Å²) in [5.74, 6) is 0.698. The van der Waals surface area contributed by atoms with Crippen LogP contribution in [0, 0.1) is 5.82 Å². The van der Waals surface area contributed by atoms with Crippen molar-refractivity contribution in [1.29, 1.82) is 0 Å². The first-order valence-corrected chi connectivity index (χ1v) is 9.71. The van der Waals surface area contributed by atoms with E-state index < -0.39 is 0 Å². The second-order valence-electron chi connectivity index (χ2n) is 6.61. The molecule has 138 valence electrons. The van der Waals surface area contributed by atoms with E-state index in [1.54, 1.807) is 12.1 Å². The first-order chi connectivity index (χ1) is 13.0. The molecule has 1 unspecified atom stereocenters. The van der Waals surface area contributed by atoms with Crippen molar-refractivity contribution < 1.29 is 9.18 Å². The van der Waals surface area contributed by atoms with Gasteiger partial charge < -0.3 is 9.47 Å². The quantitative estimate of drug-likeness (QED) is 0.646. The van der Waals surface area contributed by atoms with E-state index in [2.05, 4.69) is 23.2 Å². The van der Waals surface area contributed by atoms with Crippen molar-refractivity contribution >= 4 is 23.4 Å². The predicted octanol–water partition coefficient (Wildman–Crippen LogP) is 3.69. The van der Waals surface area contributed by atoms with E-state index in [0.717, 1.165) is 17.7 Å². The standard InChI is InChI=1S/C20H19FN4OS/c1-13-11-15-5-3-4-6-17(15)25(13)18(26)12-27-20-23-22-19(24(20)2)14-7-9-16(21)10-8-14/h3-10,13H,11-12H2,1-2H3. The summed E-state index contributed by atoms with van der Waals surface area (Å²) in [6, 6.07) is 14.3. The average molecular weight is 382 g/mol. The Kier molecular flexibility index (Phi) is 4.70. The van der Waals surface area contributed by atoms with Gasteiger partial charge in [-0.05, 0) is 49.2 Å². The number of thioether (sulfide) groups is 1. The number of anilines is 1. The van der Waals surface area contributed by atoms with Crippen molar-refractivity contribution in [1.82, 2.24) is 14.8 Å². The van der Waals surface area contributed by atoms with Crippen LogP contribution in [0.4, 0.5) is 10.1 Å². The highest BCUT2D eigenvalue weighted by Gasteiger charge is 2.30. The molecule has 1 aliphatic heterocycles. The monoisotopic (exact) mass is 382 g/mol. The van der Waals surface area contributed by atoms with Crippen LogP contribution in [0.15, 0.2) is 53.7 Å². The molecule has 7 heteroatoms. The van der Waals surface area contributed by atoms with Gasteiger partial charge >= 0.3 is 0 Å². The summed E-state index contributed by atoms with van der Waals surface area (Å²) in [6.07, 6.45) is 0.880. The molecule has 2 heterocycles. The lowest BCUT2D eigenvalue weighted by molar-refractivity contribution is -0.116. The van der Waals surface area contributed by atoms with E-state index in [0.29, 0.717) is 11.0 Å². The lowest BCUT2D eigenvalue weighted by Gasteiger charge is -2.22. The van der Waals surface area contributed by atoms with E-state index in [1.807, 2.05) is 34.7 Å². The maximum Gasteiger partial charge on any atom is 0.237 e. The van der Waals surface area contributed by atoms with Crippen molar-refractivity contribution in [3.63, 3.8) is 0 Å². The fraction of sp³-hybridized carbons (Fsp3) is 0.250. The van der Waals surface area contributed by atoms with Crippen LogP contribution in [0.1, 0.15) is 12.5 Å². The van der Waals surface area contributed by atoms with Crippen molar-refractivity contribution in [2.75, 3.05) is 10.7 Å². The van der Waals surface area contributed by atoms with Crippen molar-refractivity contribution in [2.24, 2.45) is 7.05 Å². The Hall–Kier alpha value is -2.67. The zero-order chi connectivity index (χ0) is 19.0. The van der Waals surface area contributed by atoms with Gasteiger partial charge in [0.25, 0.3) is 0 Å². The first-order valence-electron chi connectivity index (χ1n) is 8.72. The number of fused-ring (bicyclic) bond motifs is 1. The minimum absolute atomic E-state index is 0.0591. The van der Waals surface area contributed by atoms with Gasteiger partial charge in [0.1, 0.15) is 5.82 Å². The Balaban J connectivity index is 1.48. The molecule has 1 aromatic heterocycles. The third-order valence-electron chi connectivity index (χ3n) is 4.74. The Morgan fingerprint density at radius 2 is 1.93 bits per heavy atom. The van der Waals surface area contributed by atoms with Gasteiger partial charge in [-0.2, -0.15) is 0 Å². The summed E-state index contributed by atoms with van der Waals surface area (Å²) in [5.41, 5.74) is 2.99. The zero-order valence-corrected chi connectivity index (χ0v) is 15.9. The number of aromatic nitrogens is 3. The summed E-state index contributed by atoms with van der Waals surface area (Å²) < 4.78 is 14.9. The van der Waals surface area contributed by atoms with E-state index >= 15 is 0 Å². The molecule has 1 atom stereocenters. The molecule has 2 aromatic carbocycles. The van der Waals surface area contributed by atoms with Gasteiger partial charge in [-0.3, -0.25) is 4.79 Å². The SMILES string of the molecule is CC1Cc2ccccc2N1C(=O)CSc1nnc(-c2ccc(F)cc2)n1C. The zero-order valence-electron chi connectivity index (χ0n) is 15.1. The normalized spacial score (nSPS) is 15.8. The van der Waals surface area contributed by atoms with Gasteiger partial charge in [0.2, 0.25) is 5.91 Å². The number of amides is 1. The molecule has 1 aliphatic rings. The summed E-state index contributed by atoms with van der Waals surface area (Å²) in [7, 11) is 1.85. The Morgan fingerprint density at radius 3 is 2.70 bits per heavy atom. The molecule has 0 fully saturated rings. The highest BCUT2D eigenvalue weighted by molar-refractivity contribution is 7.99. The van der Waals surface area contributed by atoms with E-state index in [1.165, 1.54) is 29.5 Å². The summed E-state index contributed by atoms with van der Waals surface area (Å²) >= 11 is 1.36. The van der Waals surface area contributed by atoms with E-state index in [4.69, 9.17) is 0 Å². The van der Waals surface area contributed by atoms with Gasteiger partial charge in [-0.25, -0.2) is 4.39 Å². The number of nitrogens with zero attached hydrogens (tertiary/aromatic N) is 4. The number of para-hydroxylation sites is 1. The second kappa shape index (κ2) is 7.15. The minimum atomic E-state index is -0.291. The second-order valence-corrected chi connectivity index (χ2v) is 7.55. The maximum atomic E-state index is 13.1. The highest BCUT2D eigenvalue weighted by Crippen LogP contribution is 2.33. The minimum Gasteiger partial charge on any atom is -0.308 e. The van der Waals surface area contributed by atoms with Crippen LogP contribution in [-0.2, 0) is 18.3 Å². The number of hydrogen-bond acceptors (Lipinski definition) is 4. The largest absolute Gasteiger partial charge is 0.308 e. The molecule has 0 radical (unpaired) electrons. The number of carbonyl (C=O) groups excluding carboxylic acids is 1. The molecular weight excluding hydrogens is 363 g/mol. The average Bonchev–Trinajstić information content (AvgIpc) is 3.19. The van der Waals surface area contributed by atoms with Crippen molar-refractivity contribution in [3.05, 3.63) is 59.9 Å².